The van der Waals surface area contributed by atoms with Gasteiger partial charge in [0.1, 0.15) is 0 Å². The van der Waals surface area contributed by atoms with Gasteiger partial charge in [0.05, 0.1) is 6.10 Å². The van der Waals surface area contributed by atoms with Crippen LogP contribution in [0, 0.1) is 10.8 Å². The molecule has 0 aliphatic carbocycles. The maximum Gasteiger partial charge on any atom is 0.158 e. The molecule has 0 amide bonds. The zero-order valence-electron chi connectivity index (χ0n) is 13.1. The topological polar surface area (TPSA) is 18.5 Å². The highest BCUT2D eigenvalue weighted by atomic mass is 16.7. The molecule has 2 unspecified atom stereocenters. The van der Waals surface area contributed by atoms with E-state index in [-0.39, 0.29) is 11.7 Å². The highest BCUT2D eigenvalue weighted by molar-refractivity contribution is 4.71. The van der Waals surface area contributed by atoms with Gasteiger partial charge in [0, 0.05) is 13.5 Å². The second-order valence-electron chi connectivity index (χ2n) is 7.36. The molecule has 0 aliphatic rings. The molecule has 104 valence electrons. The number of rotatable bonds is 6. The SMILES string of the molecule is CCC(CC(C)(C)C)OC(CC(C)(C)C)OC. The van der Waals surface area contributed by atoms with Crippen molar-refractivity contribution < 1.29 is 9.47 Å². The Morgan fingerprint density at radius 1 is 0.882 bits per heavy atom. The van der Waals surface area contributed by atoms with Crippen molar-refractivity contribution in [2.75, 3.05) is 7.11 Å². The molecule has 0 aromatic carbocycles. The summed E-state index contributed by atoms with van der Waals surface area (Å²) in [6.45, 7) is 15.6. The van der Waals surface area contributed by atoms with E-state index in [1.54, 1.807) is 7.11 Å². The Kier molecular flexibility index (Phi) is 6.71. The summed E-state index contributed by atoms with van der Waals surface area (Å²) >= 11 is 0. The van der Waals surface area contributed by atoms with Crippen LogP contribution in [0.3, 0.4) is 0 Å². The quantitative estimate of drug-likeness (QED) is 0.634. The predicted octanol–water partition coefficient (Wildman–Crippen LogP) is 4.63. The third-order valence-corrected chi connectivity index (χ3v) is 2.68. The second-order valence-corrected chi connectivity index (χ2v) is 7.36. The molecular formula is C15H32O2. The van der Waals surface area contributed by atoms with Crippen molar-refractivity contribution in [3.63, 3.8) is 0 Å². The van der Waals surface area contributed by atoms with E-state index in [4.69, 9.17) is 9.47 Å². The Hall–Kier alpha value is -0.0800. The smallest absolute Gasteiger partial charge is 0.158 e. The van der Waals surface area contributed by atoms with Crippen molar-refractivity contribution in [1.82, 2.24) is 0 Å². The molecule has 0 heterocycles. The van der Waals surface area contributed by atoms with E-state index in [2.05, 4.69) is 48.5 Å². The molecule has 0 radical (unpaired) electrons. The van der Waals surface area contributed by atoms with E-state index < -0.39 is 0 Å². The van der Waals surface area contributed by atoms with Gasteiger partial charge >= 0.3 is 0 Å². The lowest BCUT2D eigenvalue weighted by Gasteiger charge is -2.31. The Bertz CT molecular complexity index is 176. The Balaban J connectivity index is 4.32. The van der Waals surface area contributed by atoms with Gasteiger partial charge in [0.15, 0.2) is 6.29 Å². The van der Waals surface area contributed by atoms with Crippen LogP contribution in [0.4, 0.5) is 0 Å². The van der Waals surface area contributed by atoms with Gasteiger partial charge < -0.3 is 9.47 Å². The third kappa shape index (κ3) is 9.61. The molecule has 2 nitrogen and oxygen atoms in total. The van der Waals surface area contributed by atoms with Crippen LogP contribution in [0.1, 0.15) is 67.7 Å². The molecule has 17 heavy (non-hydrogen) atoms. The van der Waals surface area contributed by atoms with Gasteiger partial charge in [-0.2, -0.15) is 0 Å². The third-order valence-electron chi connectivity index (χ3n) is 2.68. The van der Waals surface area contributed by atoms with Crippen molar-refractivity contribution in [3.8, 4) is 0 Å². The minimum Gasteiger partial charge on any atom is -0.356 e. The van der Waals surface area contributed by atoms with Gasteiger partial charge in [-0.1, -0.05) is 48.5 Å². The number of methoxy groups -OCH3 is 1. The van der Waals surface area contributed by atoms with Gasteiger partial charge in [-0.05, 0) is 23.7 Å². The van der Waals surface area contributed by atoms with Crippen molar-refractivity contribution in [2.45, 2.75) is 80.1 Å². The van der Waals surface area contributed by atoms with Crippen molar-refractivity contribution in [3.05, 3.63) is 0 Å². The number of hydrogen-bond donors (Lipinski definition) is 0. The molecule has 0 N–H and O–H groups in total. The lowest BCUT2D eigenvalue weighted by atomic mass is 9.88. The van der Waals surface area contributed by atoms with Crippen LogP contribution < -0.4 is 0 Å². The molecule has 0 aromatic heterocycles. The van der Waals surface area contributed by atoms with Gasteiger partial charge in [0.25, 0.3) is 0 Å². The first-order valence-electron chi connectivity index (χ1n) is 6.75. The minimum absolute atomic E-state index is 0.0812. The van der Waals surface area contributed by atoms with Crippen molar-refractivity contribution in [1.29, 1.82) is 0 Å². The van der Waals surface area contributed by atoms with Crippen LogP contribution in [0.25, 0.3) is 0 Å². The molecule has 2 heteroatoms. The van der Waals surface area contributed by atoms with E-state index in [0.29, 0.717) is 11.5 Å². The van der Waals surface area contributed by atoms with E-state index in [1.807, 2.05) is 0 Å². The molecule has 0 aromatic rings. The summed E-state index contributed by atoms with van der Waals surface area (Å²) in [5.74, 6) is 0. The van der Waals surface area contributed by atoms with Crippen LogP contribution in [0.5, 0.6) is 0 Å². The fourth-order valence-corrected chi connectivity index (χ4v) is 1.87. The van der Waals surface area contributed by atoms with Crippen LogP contribution in [0.15, 0.2) is 0 Å². The van der Waals surface area contributed by atoms with Gasteiger partial charge in [0.2, 0.25) is 0 Å². The minimum atomic E-state index is -0.0812. The van der Waals surface area contributed by atoms with E-state index in [0.717, 1.165) is 19.3 Å². The Morgan fingerprint density at radius 3 is 1.65 bits per heavy atom. The molecule has 0 bridgehead atoms. The van der Waals surface area contributed by atoms with Crippen LogP contribution >= 0.6 is 0 Å². The monoisotopic (exact) mass is 244 g/mol. The van der Waals surface area contributed by atoms with Crippen LogP contribution in [0.2, 0.25) is 0 Å². The molecule has 0 spiro atoms. The lowest BCUT2D eigenvalue weighted by molar-refractivity contribution is -0.175. The Morgan fingerprint density at radius 2 is 1.35 bits per heavy atom. The van der Waals surface area contributed by atoms with Crippen LogP contribution in [-0.2, 0) is 9.47 Å². The first-order valence-corrected chi connectivity index (χ1v) is 6.75. The van der Waals surface area contributed by atoms with Gasteiger partial charge in [-0.25, -0.2) is 0 Å². The highest BCUT2D eigenvalue weighted by Crippen LogP contribution is 2.28. The fraction of sp³-hybridized carbons (Fsp3) is 1.00. The molecule has 0 saturated carbocycles. The number of hydrogen-bond acceptors (Lipinski definition) is 2. The van der Waals surface area contributed by atoms with E-state index in [1.165, 1.54) is 0 Å². The standard InChI is InChI=1S/C15H32O2/c1-9-12(10-14(2,3)4)17-13(16-8)11-15(5,6)7/h12-13H,9-11H2,1-8H3. The highest BCUT2D eigenvalue weighted by Gasteiger charge is 2.24. The average molecular weight is 244 g/mol. The normalized spacial score (nSPS) is 16.9. The molecular weight excluding hydrogens is 212 g/mol. The maximum absolute atomic E-state index is 6.08. The van der Waals surface area contributed by atoms with Crippen molar-refractivity contribution in [2.24, 2.45) is 10.8 Å². The molecule has 0 rings (SSSR count). The molecule has 0 saturated heterocycles. The predicted molar refractivity (Wildman–Crippen MR) is 74.1 cm³/mol. The zero-order valence-corrected chi connectivity index (χ0v) is 13.1. The summed E-state index contributed by atoms with van der Waals surface area (Å²) < 4.78 is 11.5. The fourth-order valence-electron chi connectivity index (χ4n) is 1.87. The summed E-state index contributed by atoms with van der Waals surface area (Å²) in [6.07, 6.45) is 3.27. The summed E-state index contributed by atoms with van der Waals surface area (Å²) in [5.41, 5.74) is 0.543. The maximum atomic E-state index is 6.08. The van der Waals surface area contributed by atoms with Gasteiger partial charge in [-0.15, -0.1) is 0 Å². The van der Waals surface area contributed by atoms with Crippen LogP contribution in [-0.4, -0.2) is 19.5 Å². The summed E-state index contributed by atoms with van der Waals surface area (Å²) in [6, 6.07) is 0. The first kappa shape index (κ1) is 16.9. The molecule has 0 aliphatic heterocycles. The Labute approximate surface area is 108 Å². The largest absolute Gasteiger partial charge is 0.356 e. The molecule has 0 fully saturated rings. The second kappa shape index (κ2) is 6.75. The summed E-state index contributed by atoms with van der Waals surface area (Å²) in [4.78, 5) is 0. The zero-order chi connectivity index (χ0) is 13.7. The van der Waals surface area contributed by atoms with E-state index in [9.17, 15) is 0 Å². The number of ether oxygens (including phenoxy) is 2. The van der Waals surface area contributed by atoms with Gasteiger partial charge in [-0.3, -0.25) is 0 Å². The summed E-state index contributed by atoms with van der Waals surface area (Å²) in [5, 5.41) is 0. The molecule has 2 atom stereocenters. The first-order chi connectivity index (χ1) is 7.57. The van der Waals surface area contributed by atoms with E-state index >= 15 is 0 Å². The van der Waals surface area contributed by atoms with Crippen molar-refractivity contribution >= 4 is 0 Å². The average Bonchev–Trinajstić information content (AvgIpc) is 2.11. The lowest BCUT2D eigenvalue weighted by Crippen LogP contribution is -2.30. The summed E-state index contributed by atoms with van der Waals surface area (Å²) in [7, 11) is 1.74.